The maximum Gasteiger partial charge on any atom is 1.00 e. The van der Waals surface area contributed by atoms with Gasteiger partial charge in [-0.05, 0) is 44.0 Å². The molecule has 0 unspecified atom stereocenters. The molecule has 1 aromatic rings. The molecule has 14 heavy (non-hydrogen) atoms. The van der Waals surface area contributed by atoms with Crippen LogP contribution in [0.25, 0.3) is 0 Å². The van der Waals surface area contributed by atoms with Crippen LogP contribution in [0, 0.1) is 0 Å². The Morgan fingerprint density at radius 1 is 1.00 bits per heavy atom. The predicted octanol–water partition coefficient (Wildman–Crippen LogP) is -6.31. The van der Waals surface area contributed by atoms with Crippen LogP contribution in [0.15, 0.2) is 27.1 Å². The Balaban J connectivity index is 0. The first-order valence-electron chi connectivity index (χ1n) is 2.89. The zero-order valence-electron chi connectivity index (χ0n) is 7.66. The Morgan fingerprint density at radius 2 is 1.50 bits per heavy atom. The standard InChI is InChI=1S/C6H5Br2O3P.2Na/c7-4-2-1-3-5(6(4)8)12(9,10)11;;/h1-3H,(H2,9,10,11);;/q;2*+1/p-2. The van der Waals surface area contributed by atoms with E-state index in [4.69, 9.17) is 0 Å². The van der Waals surface area contributed by atoms with Crippen LogP contribution in [0.1, 0.15) is 0 Å². The second-order valence-corrected chi connectivity index (χ2v) is 5.19. The number of hydrogen-bond donors (Lipinski definition) is 0. The minimum absolute atomic E-state index is 0. The fourth-order valence-electron chi connectivity index (χ4n) is 0.704. The van der Waals surface area contributed by atoms with Gasteiger partial charge in [-0.15, -0.1) is 7.94 Å². The van der Waals surface area contributed by atoms with Crippen LogP contribution in [0.4, 0.5) is 0 Å². The van der Waals surface area contributed by atoms with Crippen molar-refractivity contribution in [1.29, 1.82) is 0 Å². The first kappa shape index (κ1) is 18.8. The van der Waals surface area contributed by atoms with E-state index < -0.39 is 7.94 Å². The molecule has 0 aliphatic carbocycles. The van der Waals surface area contributed by atoms with Crippen molar-refractivity contribution in [3.05, 3.63) is 27.1 Å². The summed E-state index contributed by atoms with van der Waals surface area (Å²) in [6.07, 6.45) is 0. The third kappa shape index (κ3) is 5.21. The molecule has 3 nitrogen and oxygen atoms in total. The van der Waals surface area contributed by atoms with Gasteiger partial charge in [-0.3, -0.25) is 0 Å². The van der Waals surface area contributed by atoms with Gasteiger partial charge in [0.25, 0.3) is 0 Å². The third-order valence-electron chi connectivity index (χ3n) is 1.23. The van der Waals surface area contributed by atoms with Gasteiger partial charge < -0.3 is 14.7 Å². The molecule has 0 atom stereocenters. The van der Waals surface area contributed by atoms with Crippen molar-refractivity contribution in [3.63, 3.8) is 0 Å². The molecule has 1 rings (SSSR count). The molecule has 0 aliphatic rings. The zero-order chi connectivity index (χ0) is 9.35. The van der Waals surface area contributed by atoms with E-state index in [9.17, 15) is 14.7 Å². The van der Waals surface area contributed by atoms with Gasteiger partial charge in [-0.2, -0.15) is 0 Å². The topological polar surface area (TPSA) is 69.2 Å². The van der Waals surface area contributed by atoms with Crippen LogP contribution in [-0.2, 0) is 0 Å². The van der Waals surface area contributed by atoms with Gasteiger partial charge >= 0.3 is 59.1 Å². The molecule has 0 amide bonds. The zero-order valence-corrected chi connectivity index (χ0v) is 15.7. The van der Waals surface area contributed by atoms with Crippen molar-refractivity contribution in [2.24, 2.45) is 0 Å². The van der Waals surface area contributed by atoms with Crippen molar-refractivity contribution in [1.82, 2.24) is 0 Å². The van der Waals surface area contributed by atoms with E-state index >= 15 is 0 Å². The molecule has 8 heteroatoms. The molecule has 0 aliphatic heterocycles. The molecule has 0 spiro atoms. The number of rotatable bonds is 1. The minimum atomic E-state index is -4.66. The molecule has 0 saturated heterocycles. The van der Waals surface area contributed by atoms with Crippen LogP contribution in [0.2, 0.25) is 0 Å². The van der Waals surface area contributed by atoms with Crippen molar-refractivity contribution in [2.75, 3.05) is 0 Å². The summed E-state index contributed by atoms with van der Waals surface area (Å²) in [7, 11) is -4.66. The van der Waals surface area contributed by atoms with E-state index in [2.05, 4.69) is 31.9 Å². The number of hydrogen-bond acceptors (Lipinski definition) is 3. The summed E-state index contributed by atoms with van der Waals surface area (Å²) < 4.78 is 0.824. The Hall–Kier alpha value is 2.49. The van der Waals surface area contributed by atoms with E-state index in [1.54, 1.807) is 6.07 Å². The van der Waals surface area contributed by atoms with Crippen molar-refractivity contribution >= 4 is 45.1 Å². The third-order valence-corrected chi connectivity index (χ3v) is 4.54. The van der Waals surface area contributed by atoms with Crippen LogP contribution in [0.5, 0.6) is 0 Å². The minimum Gasteiger partial charge on any atom is -0.683 e. The van der Waals surface area contributed by atoms with Crippen molar-refractivity contribution in [3.8, 4) is 0 Å². The summed E-state index contributed by atoms with van der Waals surface area (Å²) in [5, 5.41) is -0.225. The summed E-state index contributed by atoms with van der Waals surface area (Å²) in [6.45, 7) is 0. The first-order valence-corrected chi connectivity index (χ1v) is 6.02. The summed E-state index contributed by atoms with van der Waals surface area (Å²) in [5.74, 6) is 0. The summed E-state index contributed by atoms with van der Waals surface area (Å²) in [4.78, 5) is 31.9. The second-order valence-electron chi connectivity index (χ2n) is 2.07. The smallest absolute Gasteiger partial charge is 0.683 e. The van der Waals surface area contributed by atoms with Crippen LogP contribution >= 0.6 is 39.8 Å². The normalized spacial score (nSPS) is 10.1. The molecule has 0 aromatic heterocycles. The molecule has 0 N–H and O–H groups in total. The average molecular weight is 360 g/mol. The van der Waals surface area contributed by atoms with Gasteiger partial charge in [-0.1, -0.05) is 6.07 Å². The van der Waals surface area contributed by atoms with Crippen LogP contribution in [0.3, 0.4) is 0 Å². The fourth-order valence-corrected chi connectivity index (χ4v) is 2.77. The van der Waals surface area contributed by atoms with Crippen LogP contribution < -0.4 is 79.1 Å². The van der Waals surface area contributed by atoms with Gasteiger partial charge in [0.1, 0.15) is 0 Å². The summed E-state index contributed by atoms with van der Waals surface area (Å²) in [5.41, 5.74) is 0. The van der Waals surface area contributed by atoms with E-state index in [0.29, 0.717) is 4.47 Å². The monoisotopic (exact) mass is 358 g/mol. The molecular weight excluding hydrogens is 357 g/mol. The summed E-state index contributed by atoms with van der Waals surface area (Å²) >= 11 is 6.09. The molecule has 0 radical (unpaired) electrons. The Kier molecular flexibility index (Phi) is 10.4. The molecular formula is C6H3Br2Na2O3P. The molecule has 0 saturated carbocycles. The molecule has 0 bridgehead atoms. The Morgan fingerprint density at radius 3 is 1.86 bits per heavy atom. The van der Waals surface area contributed by atoms with Gasteiger partial charge in [0, 0.05) is 4.47 Å². The first-order chi connectivity index (χ1) is 5.43. The van der Waals surface area contributed by atoms with E-state index in [1.807, 2.05) is 0 Å². The average Bonchev–Trinajstić information content (AvgIpc) is 1.92. The number of benzene rings is 1. The summed E-state index contributed by atoms with van der Waals surface area (Å²) in [6, 6.07) is 4.39. The molecule has 0 fully saturated rings. The van der Waals surface area contributed by atoms with Gasteiger partial charge in [-0.25, -0.2) is 0 Å². The fraction of sp³-hybridized carbons (Fsp3) is 0. The molecule has 0 heterocycles. The van der Waals surface area contributed by atoms with Gasteiger partial charge in [0.15, 0.2) is 0 Å². The largest absolute Gasteiger partial charge is 1.00 e. The molecule has 66 valence electrons. The molecule has 1 aromatic carbocycles. The Bertz CT molecular complexity index is 306. The number of halogens is 2. The Labute approximate surface area is 144 Å². The predicted molar refractivity (Wildman–Crippen MR) is 48.4 cm³/mol. The second kappa shape index (κ2) is 7.75. The SMILES string of the molecule is [Na+].[Na+].[O-][P+]([O-])([O-])c1cccc(Br)c1Br. The maximum atomic E-state index is 10.6. The maximum absolute atomic E-state index is 10.6. The quantitative estimate of drug-likeness (QED) is 0.370. The van der Waals surface area contributed by atoms with E-state index in [-0.39, 0.29) is 68.9 Å². The van der Waals surface area contributed by atoms with Gasteiger partial charge in [0.2, 0.25) is 0 Å². The van der Waals surface area contributed by atoms with E-state index in [0.717, 1.165) is 0 Å². The van der Waals surface area contributed by atoms with Crippen molar-refractivity contribution < 1.29 is 73.8 Å². The van der Waals surface area contributed by atoms with Crippen molar-refractivity contribution in [2.45, 2.75) is 0 Å². The van der Waals surface area contributed by atoms with E-state index in [1.165, 1.54) is 12.1 Å². The van der Waals surface area contributed by atoms with Crippen LogP contribution in [-0.4, -0.2) is 0 Å². The van der Waals surface area contributed by atoms with Gasteiger partial charge in [0.05, 0.1) is 9.78 Å².